The second kappa shape index (κ2) is 5.43. The minimum absolute atomic E-state index is 0.167. The number of hydrogen-bond acceptors (Lipinski definition) is 2. The Hall–Kier alpha value is -0.580. The number of rotatable bonds is 2. The van der Waals surface area contributed by atoms with Gasteiger partial charge < -0.3 is 4.57 Å². The lowest BCUT2D eigenvalue weighted by Gasteiger charge is -2.24. The molecule has 102 valence electrons. The van der Waals surface area contributed by atoms with Crippen LogP contribution >= 0.6 is 39.1 Å². The van der Waals surface area contributed by atoms with Crippen molar-refractivity contribution in [2.75, 3.05) is 0 Å². The van der Waals surface area contributed by atoms with Crippen LogP contribution in [0.1, 0.15) is 26.6 Å². The summed E-state index contributed by atoms with van der Waals surface area (Å²) in [5.41, 5.74) is 0.683. The summed E-state index contributed by atoms with van der Waals surface area (Å²) in [4.78, 5) is 0. The number of benzene rings is 1. The number of halogens is 3. The average molecular weight is 363 g/mol. The summed E-state index contributed by atoms with van der Waals surface area (Å²) in [6.07, 6.45) is 0. The van der Waals surface area contributed by atoms with Crippen molar-refractivity contribution in [2.45, 2.75) is 32.2 Å². The van der Waals surface area contributed by atoms with E-state index in [-0.39, 0.29) is 5.54 Å². The fraction of sp³-hybridized carbons (Fsp3) is 0.385. The second-order valence-electron chi connectivity index (χ2n) is 5.20. The van der Waals surface area contributed by atoms with Gasteiger partial charge >= 0.3 is 0 Å². The molecular formula is C13H14BrCl2N3. The van der Waals surface area contributed by atoms with Crippen molar-refractivity contribution in [3.63, 3.8) is 0 Å². The molecule has 0 aliphatic carbocycles. The van der Waals surface area contributed by atoms with Gasteiger partial charge in [0, 0.05) is 15.6 Å². The Morgan fingerprint density at radius 2 is 1.95 bits per heavy atom. The van der Waals surface area contributed by atoms with Crippen LogP contribution in [0.2, 0.25) is 5.02 Å². The fourth-order valence-electron chi connectivity index (χ4n) is 1.95. The van der Waals surface area contributed by atoms with Gasteiger partial charge in [-0.25, -0.2) is 0 Å². The second-order valence-corrected chi connectivity index (χ2v) is 6.79. The van der Waals surface area contributed by atoms with Crippen LogP contribution in [0.15, 0.2) is 22.7 Å². The molecule has 1 aromatic carbocycles. The molecule has 0 fully saturated rings. The number of alkyl halides is 1. The van der Waals surface area contributed by atoms with E-state index in [9.17, 15) is 0 Å². The van der Waals surface area contributed by atoms with Crippen LogP contribution in [0.25, 0.3) is 11.4 Å². The topological polar surface area (TPSA) is 30.7 Å². The van der Waals surface area contributed by atoms with Crippen molar-refractivity contribution >= 4 is 39.1 Å². The maximum atomic E-state index is 6.29. The first kappa shape index (κ1) is 14.8. The molecule has 0 saturated carbocycles. The molecule has 0 amide bonds. The summed E-state index contributed by atoms with van der Waals surface area (Å²) in [5.74, 6) is 1.79. The van der Waals surface area contributed by atoms with E-state index in [0.29, 0.717) is 10.9 Å². The highest BCUT2D eigenvalue weighted by Gasteiger charge is 2.24. The van der Waals surface area contributed by atoms with E-state index in [0.717, 1.165) is 21.7 Å². The van der Waals surface area contributed by atoms with E-state index in [1.807, 2.05) is 22.8 Å². The van der Waals surface area contributed by atoms with Crippen LogP contribution in [-0.2, 0) is 11.4 Å². The minimum atomic E-state index is -0.167. The van der Waals surface area contributed by atoms with Gasteiger partial charge in [-0.05, 0) is 39.0 Å². The van der Waals surface area contributed by atoms with Gasteiger partial charge in [0.25, 0.3) is 0 Å². The Bertz CT molecular complexity index is 602. The van der Waals surface area contributed by atoms with Crippen molar-refractivity contribution in [3.05, 3.63) is 33.5 Å². The summed E-state index contributed by atoms with van der Waals surface area (Å²) in [7, 11) is 0. The van der Waals surface area contributed by atoms with Crippen LogP contribution in [0.3, 0.4) is 0 Å². The Morgan fingerprint density at radius 3 is 2.47 bits per heavy atom. The molecule has 0 aliphatic heterocycles. The first-order valence-electron chi connectivity index (χ1n) is 5.80. The molecule has 0 saturated heterocycles. The third-order valence-electron chi connectivity index (χ3n) is 2.69. The van der Waals surface area contributed by atoms with Crippen molar-refractivity contribution < 1.29 is 0 Å². The third kappa shape index (κ3) is 2.96. The molecule has 19 heavy (non-hydrogen) atoms. The van der Waals surface area contributed by atoms with Gasteiger partial charge in [-0.3, -0.25) is 0 Å². The Kier molecular flexibility index (Phi) is 4.23. The van der Waals surface area contributed by atoms with Gasteiger partial charge in [-0.15, -0.1) is 21.8 Å². The van der Waals surface area contributed by atoms with Crippen molar-refractivity contribution in [2.24, 2.45) is 0 Å². The van der Waals surface area contributed by atoms with Crippen LogP contribution in [0, 0.1) is 0 Å². The van der Waals surface area contributed by atoms with Crippen LogP contribution in [-0.4, -0.2) is 14.8 Å². The van der Waals surface area contributed by atoms with Gasteiger partial charge in [0.15, 0.2) is 5.82 Å². The molecule has 2 aromatic rings. The summed E-state index contributed by atoms with van der Waals surface area (Å²) in [5, 5.41) is 9.03. The fourth-order valence-corrected chi connectivity index (χ4v) is 2.88. The normalized spacial score (nSPS) is 11.9. The number of nitrogens with zero attached hydrogens (tertiary/aromatic N) is 3. The summed E-state index contributed by atoms with van der Waals surface area (Å²) < 4.78 is 2.95. The van der Waals surface area contributed by atoms with E-state index < -0.39 is 0 Å². The lowest BCUT2D eigenvalue weighted by Crippen LogP contribution is -2.24. The predicted molar refractivity (Wildman–Crippen MR) is 82.7 cm³/mol. The van der Waals surface area contributed by atoms with Crippen molar-refractivity contribution in [1.29, 1.82) is 0 Å². The first-order chi connectivity index (χ1) is 8.84. The smallest absolute Gasteiger partial charge is 0.166 e. The molecule has 0 atom stereocenters. The standard InChI is InChI=1S/C13H14BrCl2N3/c1-13(2,3)19-11(7-15)17-18-12(19)9-5-4-8(14)6-10(9)16/h4-6H,7H2,1-3H3. The van der Waals surface area contributed by atoms with Crippen LogP contribution in [0.5, 0.6) is 0 Å². The van der Waals surface area contributed by atoms with E-state index in [1.165, 1.54) is 0 Å². The molecule has 6 heteroatoms. The molecule has 0 radical (unpaired) electrons. The van der Waals surface area contributed by atoms with E-state index in [2.05, 4.69) is 46.9 Å². The molecule has 0 N–H and O–H groups in total. The highest BCUT2D eigenvalue weighted by Crippen LogP contribution is 2.32. The molecular weight excluding hydrogens is 349 g/mol. The van der Waals surface area contributed by atoms with Crippen molar-refractivity contribution in [1.82, 2.24) is 14.8 Å². The quantitative estimate of drug-likeness (QED) is 0.714. The minimum Gasteiger partial charge on any atom is -0.305 e. The van der Waals surface area contributed by atoms with Crippen molar-refractivity contribution in [3.8, 4) is 11.4 Å². The molecule has 0 bridgehead atoms. The van der Waals surface area contributed by atoms with Gasteiger partial charge in [-0.1, -0.05) is 27.5 Å². The average Bonchev–Trinajstić information content (AvgIpc) is 2.72. The highest BCUT2D eigenvalue weighted by atomic mass is 79.9. The predicted octanol–water partition coefficient (Wildman–Crippen LogP) is 4.85. The van der Waals surface area contributed by atoms with Gasteiger partial charge in [0.1, 0.15) is 5.82 Å². The SMILES string of the molecule is CC(C)(C)n1c(CCl)nnc1-c1ccc(Br)cc1Cl. The van der Waals surface area contributed by atoms with Gasteiger partial charge in [-0.2, -0.15) is 0 Å². The molecule has 1 heterocycles. The highest BCUT2D eigenvalue weighted by molar-refractivity contribution is 9.10. The lowest BCUT2D eigenvalue weighted by atomic mass is 10.1. The Labute approximate surface area is 131 Å². The summed E-state index contributed by atoms with van der Waals surface area (Å²) in [6.45, 7) is 6.26. The maximum Gasteiger partial charge on any atom is 0.166 e. The van der Waals surface area contributed by atoms with E-state index in [1.54, 1.807) is 0 Å². The van der Waals surface area contributed by atoms with Crippen LogP contribution in [0.4, 0.5) is 0 Å². The maximum absolute atomic E-state index is 6.29. The Morgan fingerprint density at radius 1 is 1.26 bits per heavy atom. The van der Waals surface area contributed by atoms with Crippen LogP contribution < -0.4 is 0 Å². The number of hydrogen-bond donors (Lipinski definition) is 0. The third-order valence-corrected chi connectivity index (χ3v) is 3.74. The molecule has 2 rings (SSSR count). The molecule has 0 aliphatic rings. The molecule has 3 nitrogen and oxygen atoms in total. The monoisotopic (exact) mass is 361 g/mol. The molecule has 1 aromatic heterocycles. The largest absolute Gasteiger partial charge is 0.305 e. The molecule has 0 spiro atoms. The van der Waals surface area contributed by atoms with Gasteiger partial charge in [0.05, 0.1) is 10.9 Å². The zero-order chi connectivity index (χ0) is 14.2. The molecule has 0 unspecified atom stereocenters. The zero-order valence-electron chi connectivity index (χ0n) is 10.9. The Balaban J connectivity index is 2.66. The zero-order valence-corrected chi connectivity index (χ0v) is 14.0. The summed E-state index contributed by atoms with van der Waals surface area (Å²) in [6, 6.07) is 5.71. The van der Waals surface area contributed by atoms with Gasteiger partial charge in [0.2, 0.25) is 0 Å². The lowest BCUT2D eigenvalue weighted by molar-refractivity contribution is 0.390. The van der Waals surface area contributed by atoms with E-state index in [4.69, 9.17) is 23.2 Å². The van der Waals surface area contributed by atoms with E-state index >= 15 is 0 Å². The first-order valence-corrected chi connectivity index (χ1v) is 7.51. The summed E-state index contributed by atoms with van der Waals surface area (Å²) >= 11 is 15.6. The number of aromatic nitrogens is 3.